The van der Waals surface area contributed by atoms with Crippen molar-refractivity contribution in [1.29, 1.82) is 0 Å². The number of sulfone groups is 1. The van der Waals surface area contributed by atoms with Crippen LogP contribution < -0.4 is 5.32 Å². The van der Waals surface area contributed by atoms with Crippen molar-refractivity contribution in [3.63, 3.8) is 0 Å². The number of rotatable bonds is 5. The summed E-state index contributed by atoms with van der Waals surface area (Å²) in [7, 11) is -3.97. The van der Waals surface area contributed by atoms with E-state index >= 15 is 0 Å². The summed E-state index contributed by atoms with van der Waals surface area (Å²) >= 11 is 6.00. The van der Waals surface area contributed by atoms with Crippen LogP contribution in [0.3, 0.4) is 0 Å². The Morgan fingerprint density at radius 1 is 1.07 bits per heavy atom. The first-order valence-corrected chi connectivity index (χ1v) is 10.9. The molecule has 2 atom stereocenters. The molecule has 2 aromatic rings. The number of aliphatic hydroxyl groups is 2. The molecule has 11 heteroatoms. The van der Waals surface area contributed by atoms with E-state index in [1.54, 1.807) is 0 Å². The lowest BCUT2D eigenvalue weighted by Crippen LogP contribution is -2.17. The van der Waals surface area contributed by atoms with Crippen molar-refractivity contribution in [3.8, 4) is 0 Å². The molecule has 0 heterocycles. The Labute approximate surface area is 175 Å². The van der Waals surface area contributed by atoms with Gasteiger partial charge in [-0.25, -0.2) is 21.6 Å². The van der Waals surface area contributed by atoms with E-state index in [1.165, 1.54) is 12.1 Å². The van der Waals surface area contributed by atoms with Gasteiger partial charge in [-0.15, -0.1) is 0 Å². The van der Waals surface area contributed by atoms with Crippen LogP contribution in [0.2, 0.25) is 5.02 Å². The van der Waals surface area contributed by atoms with Gasteiger partial charge in [-0.05, 0) is 37.0 Å². The van der Waals surface area contributed by atoms with Crippen LogP contribution in [0.25, 0.3) is 0 Å². The quantitative estimate of drug-likeness (QED) is 0.591. The lowest BCUT2D eigenvalue weighted by Gasteiger charge is -2.13. The van der Waals surface area contributed by atoms with E-state index in [1.807, 2.05) is 0 Å². The number of hydrogen-bond acceptors (Lipinski definition) is 5. The van der Waals surface area contributed by atoms with Crippen molar-refractivity contribution in [3.05, 3.63) is 58.4 Å². The number of hydrogen-bond donors (Lipinski definition) is 3. The third-order valence-corrected chi connectivity index (χ3v) is 7.18. The average Bonchev–Trinajstić information content (AvgIpc) is 2.96. The van der Waals surface area contributed by atoms with Gasteiger partial charge in [0.2, 0.25) is 0 Å². The molecule has 0 saturated heterocycles. The first-order valence-electron chi connectivity index (χ1n) is 8.82. The van der Waals surface area contributed by atoms with Crippen molar-refractivity contribution in [2.24, 2.45) is 5.92 Å². The Balaban J connectivity index is 1.83. The van der Waals surface area contributed by atoms with Gasteiger partial charge in [-0.1, -0.05) is 11.6 Å². The zero-order valence-electron chi connectivity index (χ0n) is 15.3. The Morgan fingerprint density at radius 2 is 1.63 bits per heavy atom. The maximum atomic E-state index is 13.3. The highest BCUT2D eigenvalue weighted by Crippen LogP contribution is 2.32. The molecule has 1 saturated carbocycles. The molecule has 30 heavy (non-hydrogen) atoms. The molecule has 1 amide bonds. The Bertz CT molecular complexity index is 1060. The van der Waals surface area contributed by atoms with Crippen LogP contribution >= 0.6 is 11.6 Å². The number of carbonyl (C=O) groups is 1. The summed E-state index contributed by atoms with van der Waals surface area (Å²) in [5, 5.41) is 21.2. The molecule has 162 valence electrons. The smallest absolute Gasteiger partial charge is 0.255 e. The maximum Gasteiger partial charge on any atom is 0.255 e. The van der Waals surface area contributed by atoms with Crippen molar-refractivity contribution >= 4 is 33.0 Å². The molecule has 1 aliphatic rings. The van der Waals surface area contributed by atoms with Crippen LogP contribution in [0.5, 0.6) is 0 Å². The molecule has 0 bridgehead atoms. The lowest BCUT2D eigenvalue weighted by molar-refractivity contribution is 0.0438. The monoisotopic (exact) mass is 463 g/mol. The number of anilines is 1. The summed E-state index contributed by atoms with van der Waals surface area (Å²) in [5.41, 5.74) is -0.515. The second-order valence-corrected chi connectivity index (χ2v) is 9.52. The van der Waals surface area contributed by atoms with Crippen LogP contribution in [0, 0.1) is 23.4 Å². The van der Waals surface area contributed by atoms with Gasteiger partial charge >= 0.3 is 0 Å². The van der Waals surface area contributed by atoms with Crippen molar-refractivity contribution in [2.45, 2.75) is 29.9 Å². The van der Waals surface area contributed by atoms with Gasteiger partial charge in [0.05, 0.1) is 27.9 Å². The molecular formula is C19H17ClF3NO5S. The summed E-state index contributed by atoms with van der Waals surface area (Å²) in [5.74, 6) is -6.44. The van der Waals surface area contributed by atoms with Gasteiger partial charge in [0.25, 0.3) is 5.91 Å². The van der Waals surface area contributed by atoms with Crippen molar-refractivity contribution in [1.82, 2.24) is 0 Å². The van der Waals surface area contributed by atoms with E-state index in [0.29, 0.717) is 12.1 Å². The van der Waals surface area contributed by atoms with Crippen LogP contribution in [0.4, 0.5) is 18.9 Å². The molecular weight excluding hydrogens is 447 g/mol. The molecule has 0 radical (unpaired) electrons. The highest BCUT2D eigenvalue weighted by molar-refractivity contribution is 7.91. The van der Waals surface area contributed by atoms with Gasteiger partial charge in [0.1, 0.15) is 0 Å². The standard InChI is InChI=1S/C19H17ClF3NO5S/c20-12-2-1-10(19(27)24-11-6-13(21)18(23)14(22)7-11)5-17(12)30(28,29)8-9-3-15(25)16(26)4-9/h1-2,5-7,9,15-16,25-26H,3-4,8H2,(H,24,27). The summed E-state index contributed by atoms with van der Waals surface area (Å²) < 4.78 is 65.2. The van der Waals surface area contributed by atoms with Crippen molar-refractivity contribution in [2.75, 3.05) is 11.1 Å². The third-order valence-electron chi connectivity index (χ3n) is 4.82. The second kappa shape index (κ2) is 8.54. The summed E-state index contributed by atoms with van der Waals surface area (Å²) in [6, 6.07) is 4.59. The van der Waals surface area contributed by atoms with Crippen LogP contribution in [0.1, 0.15) is 23.2 Å². The Hall–Kier alpha value is -2.14. The fourth-order valence-electron chi connectivity index (χ4n) is 3.34. The number of carbonyl (C=O) groups excluding carboxylic acids is 1. The number of halogens is 4. The lowest BCUT2D eigenvalue weighted by atomic mass is 10.1. The topological polar surface area (TPSA) is 104 Å². The first kappa shape index (κ1) is 22.5. The number of aliphatic hydroxyl groups excluding tert-OH is 2. The fourth-order valence-corrected chi connectivity index (χ4v) is 5.56. The highest BCUT2D eigenvalue weighted by Gasteiger charge is 2.35. The second-order valence-electron chi connectivity index (χ2n) is 7.11. The minimum absolute atomic E-state index is 0.111. The SMILES string of the molecule is O=C(Nc1cc(F)c(F)c(F)c1)c1ccc(Cl)c(S(=O)(=O)CC2CC(O)C(O)C2)c1. The number of nitrogens with one attached hydrogen (secondary N) is 1. The fraction of sp³-hybridized carbons (Fsp3) is 0.316. The van der Waals surface area contributed by atoms with E-state index in [0.717, 1.165) is 6.07 Å². The zero-order valence-corrected chi connectivity index (χ0v) is 16.9. The predicted octanol–water partition coefficient (Wildman–Crippen LogP) is 2.92. The van der Waals surface area contributed by atoms with Crippen LogP contribution in [-0.2, 0) is 9.84 Å². The molecule has 1 aliphatic carbocycles. The van der Waals surface area contributed by atoms with Gasteiger partial charge in [-0.2, -0.15) is 0 Å². The van der Waals surface area contributed by atoms with Gasteiger partial charge in [-0.3, -0.25) is 4.79 Å². The molecule has 3 rings (SSSR count). The van der Waals surface area contributed by atoms with Crippen molar-refractivity contribution < 1.29 is 36.6 Å². The highest BCUT2D eigenvalue weighted by atomic mass is 35.5. The average molecular weight is 464 g/mol. The Kier molecular flexibility index (Phi) is 6.42. The zero-order chi connectivity index (χ0) is 22.2. The van der Waals surface area contributed by atoms with Crippen LogP contribution in [-0.4, -0.2) is 42.5 Å². The van der Waals surface area contributed by atoms with E-state index < -0.39 is 51.3 Å². The summed E-state index contributed by atoms with van der Waals surface area (Å²) in [6.07, 6.45) is -1.79. The molecule has 2 unspecified atom stereocenters. The van der Waals surface area contributed by atoms with E-state index in [-0.39, 0.29) is 39.8 Å². The molecule has 0 aromatic heterocycles. The maximum absolute atomic E-state index is 13.3. The minimum Gasteiger partial charge on any atom is -0.390 e. The minimum atomic E-state index is -3.97. The molecule has 1 fully saturated rings. The van der Waals surface area contributed by atoms with Crippen LogP contribution in [0.15, 0.2) is 35.2 Å². The normalized spacial score (nSPS) is 21.6. The van der Waals surface area contributed by atoms with Gasteiger partial charge < -0.3 is 15.5 Å². The number of benzene rings is 2. The predicted molar refractivity (Wildman–Crippen MR) is 103 cm³/mol. The molecule has 2 aromatic carbocycles. The summed E-state index contributed by atoms with van der Waals surface area (Å²) in [6.45, 7) is 0. The molecule has 0 spiro atoms. The summed E-state index contributed by atoms with van der Waals surface area (Å²) in [4.78, 5) is 12.1. The molecule has 0 aliphatic heterocycles. The van der Waals surface area contributed by atoms with Gasteiger partial charge in [0.15, 0.2) is 27.3 Å². The largest absolute Gasteiger partial charge is 0.390 e. The van der Waals surface area contributed by atoms with E-state index in [9.17, 15) is 36.6 Å². The molecule has 6 nitrogen and oxygen atoms in total. The van der Waals surface area contributed by atoms with E-state index in [2.05, 4.69) is 5.32 Å². The molecule has 3 N–H and O–H groups in total. The Morgan fingerprint density at radius 3 is 2.20 bits per heavy atom. The van der Waals surface area contributed by atoms with E-state index in [4.69, 9.17) is 11.6 Å². The van der Waals surface area contributed by atoms with Gasteiger partial charge in [0, 0.05) is 23.4 Å². The third kappa shape index (κ3) is 4.77. The number of amides is 1. The first-order chi connectivity index (χ1) is 14.0.